The Morgan fingerprint density at radius 1 is 0.374 bits per heavy atom. The number of aliphatic hydroxyl groups is 4. The zero-order valence-electron chi connectivity index (χ0n) is 64.8. The van der Waals surface area contributed by atoms with E-state index in [1.165, 1.54) is 7.11 Å². The molecule has 0 aromatic rings. The molecule has 115 heavy (non-hydrogen) atoms. The molecule has 2 heterocycles. The van der Waals surface area contributed by atoms with Crippen molar-refractivity contribution in [2.75, 3.05) is 72.7 Å². The Morgan fingerprint density at radius 3 is 0.887 bits per heavy atom. The SMILES string of the molecule is COC1OC(CO)C(O)C(OC2OC(CO)C(O)C(C)C2N)C1NC(=O)NC(CCCN=C(N)N)C(=O)N[C@@H](CCCN=C(N)N)C(=O)NC(CCCN=C(N)N)C(=O)N[C@@H](CCCN=C(N)N)C(=O)NC(CCCN=C(N)N)C(=O)N[C@@H](CCCN=C(N)N)C(=O)NC(CCCN=C(N)N)C(=O)C(=O)[C@H](CCCN=C(N)N)NN. The van der Waals surface area contributed by atoms with Crippen LogP contribution in [-0.2, 0) is 57.3 Å². The number of nitrogens with one attached hydrogen (secondary N) is 9. The Labute approximate surface area is 664 Å². The highest BCUT2D eigenvalue weighted by atomic mass is 16.7. The van der Waals surface area contributed by atoms with Crippen LogP contribution < -0.4 is 151 Å². The molecule has 0 aromatic carbocycles. The van der Waals surface area contributed by atoms with Crippen molar-refractivity contribution in [2.45, 2.75) is 213 Å². The van der Waals surface area contributed by atoms with E-state index in [1.54, 1.807) is 6.92 Å². The first kappa shape index (κ1) is 100. The number of hydrazine groups is 1. The van der Waals surface area contributed by atoms with Gasteiger partial charge in [0.25, 0.3) is 0 Å². The lowest BCUT2D eigenvalue weighted by atomic mass is 9.89. The number of carbonyl (C=O) groups excluding carboxylic acids is 9. The van der Waals surface area contributed by atoms with Crippen LogP contribution in [0.1, 0.15) is 110 Å². The lowest BCUT2D eigenvalue weighted by molar-refractivity contribution is -0.319. The van der Waals surface area contributed by atoms with E-state index in [-0.39, 0.29) is 203 Å². The standard InChI is InChI=1S/C63H125N35O17/c1-29-40(64)53(113-38(27-99)42(29)101)115-46-41(54(112-2)114-39(28-100)45(46)104)97-63(111)96-37(18-10-26-89-62(79)80)52(110)95-36(17-9-25-88-61(77)78)51(109)94-35(16-8-24-87-60(75)76)50(108)93-34(15-7-23-86-59(73)74)49(107)92-33(14-6-22-85-58(71)72)48(106)91-32(13-5-21-84-57(69)70)47(105)90-30(11-3-19-82-55(65)66)43(102)44(103)31(98-81)12-4-20-83-56(67)68/h29-42,45-46,53-54,98-101,104H,3-28,64,81H2,1-2H3,(H,90,105)(H,91,106)(H,92,107)(H,93,108)(H,94,109)(H,95,110)(H4,65,66,82)(H4,67,68,83)(H4,69,70,84)(H4,71,72,85)(H4,73,74,86)(H4,75,76,87)(H4,77,78,88)(H4,79,80,89)(H2,96,97,111)/t29?,30?,31-,32-,33?,34-,35?,36-,37?,38?,39?,40?,41?,42?,45?,46?,53?,54?/m0/s1. The molecule has 8 amide bonds. The van der Waals surface area contributed by atoms with Crippen LogP contribution in [0.15, 0.2) is 39.9 Å². The smallest absolute Gasteiger partial charge is 0.315 e. The van der Waals surface area contributed by atoms with Crippen molar-refractivity contribution in [1.82, 2.24) is 48.0 Å². The maximum absolute atomic E-state index is 15.0. The summed E-state index contributed by atoms with van der Waals surface area (Å²) in [7, 11) is 1.18. The van der Waals surface area contributed by atoms with E-state index in [0.29, 0.717) is 0 Å². The topological polar surface area (TPSA) is 947 Å². The summed E-state index contributed by atoms with van der Waals surface area (Å²) in [4.78, 5) is 163. The molecule has 0 radical (unpaired) electrons. The number of nitrogens with two attached hydrogens (primary N) is 18. The van der Waals surface area contributed by atoms with Crippen LogP contribution in [0.2, 0.25) is 0 Å². The van der Waals surface area contributed by atoms with Gasteiger partial charge >= 0.3 is 6.03 Å². The molecule has 2 rings (SSSR count). The second-order valence-electron chi connectivity index (χ2n) is 26.8. The average Bonchev–Trinajstić information content (AvgIpc) is 0.780. The Hall–Kier alpha value is -10.8. The van der Waals surface area contributed by atoms with Crippen molar-refractivity contribution < 1.29 is 82.5 Å². The first-order valence-corrected chi connectivity index (χ1v) is 37.1. The summed E-state index contributed by atoms with van der Waals surface area (Å²) in [6.07, 6.45) is -11.8. The lowest BCUT2D eigenvalue weighted by Gasteiger charge is -2.47. The number of guanidine groups is 8. The van der Waals surface area contributed by atoms with E-state index in [0.717, 1.165) is 0 Å². The molecular weight excluding hydrogens is 1520 g/mol. The molecule has 0 spiro atoms. The van der Waals surface area contributed by atoms with Gasteiger partial charge in [-0.3, -0.25) is 84.1 Å². The molecular formula is C63H125N35O17. The Morgan fingerprint density at radius 2 is 0.617 bits per heavy atom. The second-order valence-corrected chi connectivity index (χ2v) is 26.8. The molecule has 52 heteroatoms. The van der Waals surface area contributed by atoms with Crippen LogP contribution in [0.25, 0.3) is 0 Å². The molecule has 0 bridgehead atoms. The van der Waals surface area contributed by atoms with Crippen LogP contribution >= 0.6 is 0 Å². The number of aliphatic hydroxyl groups excluding tert-OH is 4. The summed E-state index contributed by atoms with van der Waals surface area (Å²) in [5.41, 5.74) is 98.1. The largest absolute Gasteiger partial charge is 0.394 e. The summed E-state index contributed by atoms with van der Waals surface area (Å²) in [6.45, 7) is -0.473. The quantitative estimate of drug-likeness (QED) is 0.00671. The third kappa shape index (κ3) is 38.7. The fourth-order valence-electron chi connectivity index (χ4n) is 11.7. The minimum atomic E-state index is -1.74. The number of urea groups is 1. The van der Waals surface area contributed by atoms with Gasteiger partial charge in [-0.05, 0) is 103 Å². The molecule has 2 fully saturated rings. The number of ketones is 2. The van der Waals surface area contributed by atoms with E-state index in [2.05, 4.69) is 87.9 Å². The van der Waals surface area contributed by atoms with Crippen LogP contribution in [-0.4, -0.2) is 297 Å². The highest BCUT2D eigenvalue weighted by Gasteiger charge is 2.51. The van der Waals surface area contributed by atoms with Crippen LogP contribution in [0.3, 0.4) is 0 Å². The number of ether oxygens (including phenoxy) is 4. The molecule has 49 N–H and O–H groups in total. The minimum absolute atomic E-state index is 0.00130. The zero-order valence-corrected chi connectivity index (χ0v) is 64.8. The summed E-state index contributed by atoms with van der Waals surface area (Å²) in [5.74, 6) is -5.75. The molecule has 52 nitrogen and oxygen atoms in total. The van der Waals surface area contributed by atoms with Crippen molar-refractivity contribution in [3.63, 3.8) is 0 Å². The number of amides is 8. The average molecular weight is 1640 g/mol. The third-order valence-corrected chi connectivity index (χ3v) is 17.7. The Balaban J connectivity index is 2.80. The van der Waals surface area contributed by atoms with Gasteiger partial charge < -0.3 is 179 Å². The highest BCUT2D eigenvalue weighted by Crippen LogP contribution is 2.31. The number of aliphatic imine (C=N–C) groups is 8. The predicted molar refractivity (Wildman–Crippen MR) is 424 cm³/mol. The number of Topliss-reactive ketones (excluding diaryl/α,β-unsaturated/α-hetero) is 2. The van der Waals surface area contributed by atoms with Crippen LogP contribution in [0.5, 0.6) is 0 Å². The van der Waals surface area contributed by atoms with E-state index < -0.39 is 176 Å². The summed E-state index contributed by atoms with van der Waals surface area (Å²) in [5, 5.41) is 63.4. The molecule has 2 aliphatic heterocycles. The van der Waals surface area contributed by atoms with Crippen molar-refractivity contribution >= 4 is 101 Å². The fourth-order valence-corrected chi connectivity index (χ4v) is 11.7. The van der Waals surface area contributed by atoms with Gasteiger partial charge in [0.15, 0.2) is 60.3 Å². The van der Waals surface area contributed by atoms with Gasteiger partial charge in [0.1, 0.15) is 66.7 Å². The zero-order chi connectivity index (χ0) is 86.4. The number of rotatable bonds is 55. The van der Waals surface area contributed by atoms with E-state index >= 15 is 4.79 Å². The number of methoxy groups -OCH3 is 1. The van der Waals surface area contributed by atoms with Crippen molar-refractivity contribution in [3.8, 4) is 0 Å². The summed E-state index contributed by atoms with van der Waals surface area (Å²) in [6, 6.07) is -16.2. The van der Waals surface area contributed by atoms with Crippen molar-refractivity contribution in [1.29, 1.82) is 0 Å². The molecule has 2 saturated heterocycles. The van der Waals surface area contributed by atoms with Crippen LogP contribution in [0.4, 0.5) is 4.79 Å². The molecule has 654 valence electrons. The van der Waals surface area contributed by atoms with Gasteiger partial charge in [-0.15, -0.1) is 0 Å². The molecule has 18 atom stereocenters. The maximum atomic E-state index is 15.0. The molecule has 0 aliphatic carbocycles. The van der Waals surface area contributed by atoms with Gasteiger partial charge in [-0.25, -0.2) is 10.2 Å². The van der Waals surface area contributed by atoms with Crippen molar-refractivity contribution in [2.24, 2.45) is 149 Å². The number of hydrogen-bond donors (Lipinski definition) is 31. The molecule has 14 unspecified atom stereocenters. The highest BCUT2D eigenvalue weighted by molar-refractivity contribution is 6.41. The van der Waals surface area contributed by atoms with E-state index in [4.69, 9.17) is 122 Å². The van der Waals surface area contributed by atoms with Gasteiger partial charge in [0, 0.05) is 65.4 Å². The normalized spacial score (nSPS) is 21.0. The molecule has 0 saturated carbocycles. The molecule has 2 aliphatic rings. The maximum Gasteiger partial charge on any atom is 0.315 e. The van der Waals surface area contributed by atoms with Gasteiger partial charge in [0.2, 0.25) is 47.0 Å². The second kappa shape index (κ2) is 54.0. The first-order chi connectivity index (χ1) is 54.4. The van der Waals surface area contributed by atoms with E-state index in [1.807, 2.05) is 0 Å². The van der Waals surface area contributed by atoms with E-state index in [9.17, 15) is 58.8 Å². The summed E-state index contributed by atoms with van der Waals surface area (Å²) < 4.78 is 23.3. The Bertz CT molecular complexity index is 3300. The first-order valence-electron chi connectivity index (χ1n) is 37.1. The number of hydrogen-bond acceptors (Lipinski definition) is 28. The number of carbonyl (C=O) groups is 9. The summed E-state index contributed by atoms with van der Waals surface area (Å²) >= 11 is 0. The minimum Gasteiger partial charge on any atom is -0.394 e. The monoisotopic (exact) mass is 1640 g/mol. The van der Waals surface area contributed by atoms with Gasteiger partial charge in [-0.2, -0.15) is 0 Å². The fraction of sp³-hybridized carbons (Fsp3) is 0.730. The Kier molecular flexibility index (Phi) is 47.1. The molecule has 0 aromatic heterocycles. The third-order valence-electron chi connectivity index (χ3n) is 17.7. The predicted octanol–water partition coefficient (Wildman–Crippen LogP) is -15.5. The van der Waals surface area contributed by atoms with Gasteiger partial charge in [0.05, 0.1) is 37.4 Å². The number of nitrogens with zero attached hydrogens (tertiary/aromatic N) is 8. The lowest BCUT2D eigenvalue weighted by Crippen LogP contribution is -2.69. The van der Waals surface area contributed by atoms with Crippen LogP contribution in [0, 0.1) is 5.92 Å². The van der Waals surface area contributed by atoms with Gasteiger partial charge in [-0.1, -0.05) is 6.92 Å². The van der Waals surface area contributed by atoms with Crippen molar-refractivity contribution in [3.05, 3.63) is 0 Å².